The van der Waals surface area contributed by atoms with Gasteiger partial charge in [-0.3, -0.25) is 9.05 Å². The molecule has 10 nitrogen and oxygen atoms in total. The van der Waals surface area contributed by atoms with E-state index < -0.39 is 29.8 Å². The number of hydrogen-bond donors (Lipinski definition) is 0. The van der Waals surface area contributed by atoms with Crippen LogP contribution in [0.4, 0.5) is 0 Å². The lowest BCUT2D eigenvalue weighted by Gasteiger charge is -2.42. The number of rotatable bonds is 10. The first-order chi connectivity index (χ1) is 12.9. The molecule has 4 unspecified atom stereocenters. The Morgan fingerprint density at radius 2 is 0.963 bits per heavy atom. The molecule has 0 saturated carbocycles. The maximum Gasteiger partial charge on any atom is 0.335 e. The molecule has 2 saturated heterocycles. The Morgan fingerprint density at radius 1 is 0.630 bits per heavy atom. The van der Waals surface area contributed by atoms with E-state index in [0.717, 1.165) is 0 Å². The molecule has 0 aromatic heterocycles. The molecule has 0 aromatic rings. The molecule has 0 bridgehead atoms. The monoisotopic (exact) mass is 432 g/mol. The van der Waals surface area contributed by atoms with Crippen LogP contribution in [0, 0.1) is 5.41 Å². The lowest BCUT2D eigenvalue weighted by Crippen LogP contribution is -2.45. The van der Waals surface area contributed by atoms with Gasteiger partial charge >= 0.3 is 17.2 Å². The van der Waals surface area contributed by atoms with Crippen molar-refractivity contribution >= 4 is 17.2 Å². The third-order valence-electron chi connectivity index (χ3n) is 3.80. The van der Waals surface area contributed by atoms with Crippen LogP contribution >= 0.6 is 17.2 Å². The summed E-state index contributed by atoms with van der Waals surface area (Å²) in [7, 11) is 0.152. The minimum absolute atomic E-state index is 0.372. The van der Waals surface area contributed by atoms with Gasteiger partial charge in [0.1, 0.15) is 0 Å². The zero-order valence-corrected chi connectivity index (χ0v) is 18.4. The van der Waals surface area contributed by atoms with E-state index in [9.17, 15) is 0 Å². The van der Waals surface area contributed by atoms with Gasteiger partial charge in [0.25, 0.3) is 0 Å². The average Bonchev–Trinajstić information content (AvgIpc) is 2.65. The minimum atomic E-state index is -1.49. The van der Waals surface area contributed by atoms with E-state index in [-0.39, 0.29) is 18.0 Å². The summed E-state index contributed by atoms with van der Waals surface area (Å²) in [6.45, 7) is 8.71. The van der Waals surface area contributed by atoms with Crippen molar-refractivity contribution in [3.05, 3.63) is 0 Å². The van der Waals surface area contributed by atoms with Crippen molar-refractivity contribution in [3.8, 4) is 0 Å². The molecule has 2 aliphatic rings. The second-order valence-corrected chi connectivity index (χ2v) is 8.61. The van der Waals surface area contributed by atoms with E-state index in [1.807, 2.05) is 0 Å². The van der Waals surface area contributed by atoms with Gasteiger partial charge in [-0.1, -0.05) is 0 Å². The van der Waals surface area contributed by atoms with Crippen LogP contribution in [-0.2, 0) is 46.1 Å². The Hall–Kier alpha value is 0.460. The van der Waals surface area contributed by atoms with E-state index in [1.165, 1.54) is 0 Å². The SMILES string of the molecule is COC(C)OC(C)OP1OCC2(CO1)COP(OC(C)OC(C)OC)OC2. The Labute approximate surface area is 162 Å². The van der Waals surface area contributed by atoms with Crippen molar-refractivity contribution in [2.24, 2.45) is 5.41 Å². The topological polar surface area (TPSA) is 92.3 Å². The molecule has 0 amide bonds. The molecular weight excluding hydrogens is 402 g/mol. The van der Waals surface area contributed by atoms with Crippen LogP contribution in [0.1, 0.15) is 27.7 Å². The zero-order chi connectivity index (χ0) is 19.9. The van der Waals surface area contributed by atoms with Gasteiger partial charge in [-0.15, -0.1) is 0 Å². The van der Waals surface area contributed by atoms with Gasteiger partial charge < -0.3 is 37.0 Å². The molecule has 0 radical (unpaired) electrons. The lowest BCUT2D eigenvalue weighted by atomic mass is 9.93. The van der Waals surface area contributed by atoms with Crippen molar-refractivity contribution in [3.63, 3.8) is 0 Å². The molecule has 2 aliphatic heterocycles. The van der Waals surface area contributed by atoms with Crippen molar-refractivity contribution in [2.75, 3.05) is 40.6 Å². The second kappa shape index (κ2) is 11.6. The molecule has 2 heterocycles. The van der Waals surface area contributed by atoms with E-state index in [1.54, 1.807) is 41.9 Å². The predicted molar refractivity (Wildman–Crippen MR) is 96.3 cm³/mol. The molecule has 2 rings (SSSR count). The first-order valence-electron chi connectivity index (χ1n) is 8.68. The van der Waals surface area contributed by atoms with E-state index >= 15 is 0 Å². The standard InChI is InChI=1S/C15H30O10P2/c1-11(16-5)22-13(3)24-26-18-7-15(8-19-26)9-20-27(21-10-15)25-14(4)23-12(2)17-6/h11-14H,7-10H2,1-6H3. The third kappa shape index (κ3) is 8.01. The maximum atomic E-state index is 5.71. The third-order valence-corrected chi connectivity index (χ3v) is 6.10. The average molecular weight is 432 g/mol. The smallest absolute Gasteiger partial charge is 0.335 e. The summed E-state index contributed by atoms with van der Waals surface area (Å²) < 4.78 is 55.0. The molecule has 27 heavy (non-hydrogen) atoms. The van der Waals surface area contributed by atoms with Crippen LogP contribution in [0.3, 0.4) is 0 Å². The molecule has 12 heteroatoms. The van der Waals surface area contributed by atoms with Crippen molar-refractivity contribution in [1.29, 1.82) is 0 Å². The van der Waals surface area contributed by atoms with Crippen LogP contribution in [0.15, 0.2) is 0 Å². The van der Waals surface area contributed by atoms with E-state index in [2.05, 4.69) is 0 Å². The van der Waals surface area contributed by atoms with Gasteiger partial charge in [-0.2, -0.15) is 0 Å². The van der Waals surface area contributed by atoms with E-state index in [4.69, 9.17) is 46.1 Å². The molecule has 160 valence electrons. The van der Waals surface area contributed by atoms with Crippen LogP contribution < -0.4 is 0 Å². The normalized spacial score (nSPS) is 33.6. The largest absolute Gasteiger partial charge is 0.356 e. The van der Waals surface area contributed by atoms with Crippen LogP contribution in [-0.4, -0.2) is 65.8 Å². The minimum Gasteiger partial charge on any atom is -0.356 e. The molecule has 4 atom stereocenters. The second-order valence-electron chi connectivity index (χ2n) is 6.27. The Bertz CT molecular complexity index is 374. The summed E-state index contributed by atoms with van der Waals surface area (Å²) in [6.07, 6.45) is -1.75. The van der Waals surface area contributed by atoms with E-state index in [0.29, 0.717) is 26.4 Å². The highest BCUT2D eigenvalue weighted by molar-refractivity contribution is 7.42. The number of hydrogen-bond acceptors (Lipinski definition) is 10. The van der Waals surface area contributed by atoms with Crippen molar-refractivity contribution in [2.45, 2.75) is 52.9 Å². The summed E-state index contributed by atoms with van der Waals surface area (Å²) in [5.74, 6) is 0. The quantitative estimate of drug-likeness (QED) is 0.378. The Morgan fingerprint density at radius 3 is 1.26 bits per heavy atom. The summed E-state index contributed by atoms with van der Waals surface area (Å²) in [6, 6.07) is 0. The molecule has 0 aromatic carbocycles. The Kier molecular flexibility index (Phi) is 10.2. The maximum absolute atomic E-state index is 5.71. The zero-order valence-electron chi connectivity index (χ0n) is 16.6. The fourth-order valence-electron chi connectivity index (χ4n) is 2.15. The fourth-order valence-corrected chi connectivity index (χ4v) is 4.64. The first-order valence-corrected chi connectivity index (χ1v) is 10.9. The summed E-state index contributed by atoms with van der Waals surface area (Å²) in [4.78, 5) is 0. The summed E-state index contributed by atoms with van der Waals surface area (Å²) >= 11 is 0. The van der Waals surface area contributed by atoms with Gasteiger partial charge in [-0.25, -0.2) is 0 Å². The summed E-state index contributed by atoms with van der Waals surface area (Å²) in [5, 5.41) is 0. The summed E-state index contributed by atoms with van der Waals surface area (Å²) in [5.41, 5.74) is -0.377. The Balaban J connectivity index is 1.67. The van der Waals surface area contributed by atoms with Gasteiger partial charge in [0.2, 0.25) is 0 Å². The highest BCUT2D eigenvalue weighted by Gasteiger charge is 2.44. The number of ether oxygens (including phenoxy) is 4. The molecule has 1 spiro atoms. The first kappa shape index (κ1) is 23.7. The van der Waals surface area contributed by atoms with Crippen molar-refractivity contribution < 1.29 is 46.1 Å². The molecule has 0 N–H and O–H groups in total. The highest BCUT2D eigenvalue weighted by Crippen LogP contribution is 2.53. The predicted octanol–water partition coefficient (Wildman–Crippen LogP) is 3.26. The van der Waals surface area contributed by atoms with Gasteiger partial charge in [0, 0.05) is 14.2 Å². The molecular formula is C15H30O10P2. The van der Waals surface area contributed by atoms with Crippen LogP contribution in [0.25, 0.3) is 0 Å². The van der Waals surface area contributed by atoms with Gasteiger partial charge in [0.05, 0.1) is 31.8 Å². The number of methoxy groups -OCH3 is 2. The highest BCUT2D eigenvalue weighted by atomic mass is 31.2. The molecule has 0 aliphatic carbocycles. The fraction of sp³-hybridized carbons (Fsp3) is 1.00. The van der Waals surface area contributed by atoms with Crippen molar-refractivity contribution in [1.82, 2.24) is 0 Å². The molecule has 2 fully saturated rings. The van der Waals surface area contributed by atoms with Crippen LogP contribution in [0.5, 0.6) is 0 Å². The lowest BCUT2D eigenvalue weighted by molar-refractivity contribution is -0.202. The van der Waals surface area contributed by atoms with Gasteiger partial charge in [0.15, 0.2) is 25.2 Å². The van der Waals surface area contributed by atoms with Crippen LogP contribution in [0.2, 0.25) is 0 Å². The van der Waals surface area contributed by atoms with Gasteiger partial charge in [-0.05, 0) is 27.7 Å².